The average molecular weight is 396 g/mol. The predicted molar refractivity (Wildman–Crippen MR) is 121 cm³/mol. The molecule has 30 heavy (non-hydrogen) atoms. The van der Waals surface area contributed by atoms with Crippen molar-refractivity contribution in [2.24, 2.45) is 0 Å². The van der Waals surface area contributed by atoms with Crippen molar-refractivity contribution in [3.63, 3.8) is 0 Å². The van der Waals surface area contributed by atoms with Gasteiger partial charge < -0.3 is 0 Å². The molecular formula is C28H29NO. The van der Waals surface area contributed by atoms with E-state index in [1.807, 2.05) is 0 Å². The summed E-state index contributed by atoms with van der Waals surface area (Å²) in [7, 11) is 0. The number of nitrogens with zero attached hydrogens (tertiary/aromatic N) is 1. The Balaban J connectivity index is 1.64. The van der Waals surface area contributed by atoms with Gasteiger partial charge in [-0.1, -0.05) is 97.4 Å². The third-order valence-electron chi connectivity index (χ3n) is 7.21. The molecule has 2 atom stereocenters. The van der Waals surface area contributed by atoms with Gasteiger partial charge in [-0.15, -0.1) is 0 Å². The number of carbonyl (C=O) groups excluding carboxylic acids is 1. The van der Waals surface area contributed by atoms with Gasteiger partial charge in [-0.3, -0.25) is 9.69 Å². The van der Waals surface area contributed by atoms with Crippen LogP contribution in [0.3, 0.4) is 0 Å². The molecule has 0 aromatic heterocycles. The van der Waals surface area contributed by atoms with E-state index in [1.165, 1.54) is 16.7 Å². The molecule has 0 N–H and O–H groups in total. The summed E-state index contributed by atoms with van der Waals surface area (Å²) in [5, 5.41) is 0. The molecule has 2 aliphatic rings. The molecule has 5 rings (SSSR count). The fraction of sp³-hybridized carbons (Fsp3) is 0.321. The van der Waals surface area contributed by atoms with E-state index in [0.29, 0.717) is 12.2 Å². The van der Waals surface area contributed by atoms with Crippen LogP contribution in [0.15, 0.2) is 91.0 Å². The number of ketones is 1. The van der Waals surface area contributed by atoms with Crippen molar-refractivity contribution in [2.45, 2.75) is 49.6 Å². The van der Waals surface area contributed by atoms with Gasteiger partial charge in [0.1, 0.15) is 5.78 Å². The van der Waals surface area contributed by atoms with Gasteiger partial charge in [0.05, 0.1) is 11.5 Å². The second kappa shape index (κ2) is 8.20. The summed E-state index contributed by atoms with van der Waals surface area (Å²) in [6, 6.07) is 32.6. The molecular weight excluding hydrogens is 366 g/mol. The molecule has 0 unspecified atom stereocenters. The van der Waals surface area contributed by atoms with Gasteiger partial charge in [-0.2, -0.15) is 0 Å². The van der Waals surface area contributed by atoms with Crippen LogP contribution in [0.25, 0.3) is 0 Å². The van der Waals surface area contributed by atoms with Crippen molar-refractivity contribution in [1.82, 2.24) is 4.90 Å². The molecule has 0 radical (unpaired) electrons. The highest BCUT2D eigenvalue weighted by molar-refractivity contribution is 5.92. The molecule has 1 aliphatic heterocycles. The Kier molecular flexibility index (Phi) is 5.26. The maximum absolute atomic E-state index is 13.6. The van der Waals surface area contributed by atoms with Crippen LogP contribution in [-0.2, 0) is 10.2 Å². The van der Waals surface area contributed by atoms with E-state index < -0.39 is 0 Å². The Morgan fingerprint density at radius 3 is 1.93 bits per heavy atom. The molecule has 2 nitrogen and oxygen atoms in total. The van der Waals surface area contributed by atoms with Crippen LogP contribution in [0, 0.1) is 0 Å². The van der Waals surface area contributed by atoms with Gasteiger partial charge in [-0.05, 0) is 36.0 Å². The van der Waals surface area contributed by atoms with Crippen LogP contribution in [0.1, 0.15) is 54.8 Å². The van der Waals surface area contributed by atoms with Gasteiger partial charge >= 0.3 is 0 Å². The standard InChI is InChI=1S/C28H29NO/c30-26-19-11-10-18-25-28(26,24-16-8-3-9-17-24)20-21-29(25)27(22-12-4-1-5-13-22)23-14-6-2-7-15-23/h1-9,12-17,25,27H,10-11,18-21H2/t25-,28+/m1/s1. The second-order valence-electron chi connectivity index (χ2n) is 8.73. The van der Waals surface area contributed by atoms with Gasteiger partial charge in [0.25, 0.3) is 0 Å². The molecule has 1 saturated carbocycles. The Labute approximate surface area is 179 Å². The fourth-order valence-electron chi connectivity index (χ4n) is 5.88. The lowest BCUT2D eigenvalue weighted by Crippen LogP contribution is -2.48. The average Bonchev–Trinajstić information content (AvgIpc) is 3.10. The molecule has 0 amide bonds. The Bertz CT molecular complexity index is 945. The highest BCUT2D eigenvalue weighted by atomic mass is 16.1. The monoisotopic (exact) mass is 395 g/mol. The summed E-state index contributed by atoms with van der Waals surface area (Å²) in [5.74, 6) is 0.443. The molecule has 152 valence electrons. The number of carbonyl (C=O) groups is 1. The largest absolute Gasteiger partial charge is 0.299 e. The quantitative estimate of drug-likeness (QED) is 0.545. The molecule has 0 spiro atoms. The van der Waals surface area contributed by atoms with Crippen LogP contribution < -0.4 is 0 Å². The predicted octanol–water partition coefficient (Wildman–Crippen LogP) is 5.93. The van der Waals surface area contributed by atoms with E-state index in [4.69, 9.17) is 0 Å². The molecule has 1 heterocycles. The number of hydrogen-bond donors (Lipinski definition) is 0. The Morgan fingerprint density at radius 2 is 1.33 bits per heavy atom. The molecule has 3 aromatic rings. The summed E-state index contributed by atoms with van der Waals surface area (Å²) in [5.41, 5.74) is 3.46. The van der Waals surface area contributed by atoms with Gasteiger partial charge in [0.15, 0.2) is 0 Å². The van der Waals surface area contributed by atoms with Crippen LogP contribution in [-0.4, -0.2) is 23.3 Å². The van der Waals surface area contributed by atoms with Crippen molar-refractivity contribution in [3.05, 3.63) is 108 Å². The minimum Gasteiger partial charge on any atom is -0.299 e. The zero-order valence-corrected chi connectivity index (χ0v) is 17.4. The normalized spacial score (nSPS) is 24.6. The van der Waals surface area contributed by atoms with Crippen molar-refractivity contribution in [2.75, 3.05) is 6.54 Å². The van der Waals surface area contributed by atoms with E-state index in [0.717, 1.165) is 32.2 Å². The van der Waals surface area contributed by atoms with Crippen LogP contribution >= 0.6 is 0 Å². The van der Waals surface area contributed by atoms with Crippen LogP contribution in [0.2, 0.25) is 0 Å². The van der Waals surface area contributed by atoms with Crippen molar-refractivity contribution in [3.8, 4) is 0 Å². The van der Waals surface area contributed by atoms with Crippen LogP contribution in [0.4, 0.5) is 0 Å². The van der Waals surface area contributed by atoms with Crippen molar-refractivity contribution < 1.29 is 4.79 Å². The molecule has 2 fully saturated rings. The maximum atomic E-state index is 13.6. The Hall–Kier alpha value is -2.71. The number of rotatable bonds is 4. The molecule has 0 bridgehead atoms. The molecule has 1 aliphatic carbocycles. The topological polar surface area (TPSA) is 20.3 Å². The first-order valence-electron chi connectivity index (χ1n) is 11.3. The van der Waals surface area contributed by atoms with E-state index in [-0.39, 0.29) is 17.5 Å². The number of likely N-dealkylation sites (tertiary alicyclic amines) is 1. The summed E-state index contributed by atoms with van der Waals surface area (Å²) in [6.45, 7) is 0.944. The Morgan fingerprint density at radius 1 is 0.767 bits per heavy atom. The first kappa shape index (κ1) is 19.3. The number of benzene rings is 3. The number of fused-ring (bicyclic) bond motifs is 1. The van der Waals surface area contributed by atoms with E-state index in [2.05, 4.69) is 95.9 Å². The first-order chi connectivity index (χ1) is 14.8. The van der Waals surface area contributed by atoms with Gasteiger partial charge in [0, 0.05) is 19.0 Å². The summed E-state index contributed by atoms with van der Waals surface area (Å²) >= 11 is 0. The summed E-state index contributed by atoms with van der Waals surface area (Å²) < 4.78 is 0. The van der Waals surface area contributed by atoms with Crippen LogP contribution in [0.5, 0.6) is 0 Å². The van der Waals surface area contributed by atoms with E-state index in [1.54, 1.807) is 0 Å². The minimum atomic E-state index is -0.375. The lowest BCUT2D eigenvalue weighted by Gasteiger charge is -2.40. The lowest BCUT2D eigenvalue weighted by atomic mass is 9.70. The second-order valence-corrected chi connectivity index (χ2v) is 8.73. The molecule has 1 saturated heterocycles. The number of hydrogen-bond acceptors (Lipinski definition) is 2. The SMILES string of the molecule is O=C1CCCC[C@H]2N(C(c3ccccc3)c3ccccc3)CC[C@@]12c1ccccc1. The van der Waals surface area contributed by atoms with Gasteiger partial charge in [0.2, 0.25) is 0 Å². The summed E-state index contributed by atoms with van der Waals surface area (Å²) in [6.07, 6.45) is 4.84. The first-order valence-corrected chi connectivity index (χ1v) is 11.3. The zero-order valence-electron chi connectivity index (χ0n) is 17.4. The smallest absolute Gasteiger partial charge is 0.145 e. The van der Waals surface area contributed by atoms with Crippen molar-refractivity contribution >= 4 is 5.78 Å². The lowest BCUT2D eigenvalue weighted by molar-refractivity contribution is -0.125. The maximum Gasteiger partial charge on any atom is 0.145 e. The fourth-order valence-corrected chi connectivity index (χ4v) is 5.88. The van der Waals surface area contributed by atoms with E-state index >= 15 is 0 Å². The minimum absolute atomic E-state index is 0.175. The number of Topliss-reactive ketones (excluding diaryl/α,β-unsaturated/α-hetero) is 1. The molecule has 3 aromatic carbocycles. The molecule has 2 heteroatoms. The zero-order chi connectivity index (χ0) is 20.4. The van der Waals surface area contributed by atoms with Gasteiger partial charge in [-0.25, -0.2) is 0 Å². The summed E-state index contributed by atoms with van der Waals surface area (Å²) in [4.78, 5) is 16.3. The van der Waals surface area contributed by atoms with E-state index in [9.17, 15) is 4.79 Å². The van der Waals surface area contributed by atoms with Crippen molar-refractivity contribution in [1.29, 1.82) is 0 Å². The third-order valence-corrected chi connectivity index (χ3v) is 7.21. The highest BCUT2D eigenvalue weighted by Crippen LogP contribution is 2.49. The third kappa shape index (κ3) is 3.20. The highest BCUT2D eigenvalue weighted by Gasteiger charge is 2.55.